The second-order valence-corrected chi connectivity index (χ2v) is 7.88. The van der Waals surface area contributed by atoms with E-state index in [-0.39, 0.29) is 5.60 Å². The van der Waals surface area contributed by atoms with Gasteiger partial charge in [-0.1, -0.05) is 6.07 Å². The summed E-state index contributed by atoms with van der Waals surface area (Å²) in [6.07, 6.45) is 4.92. The average molecular weight is 297 g/mol. The molecule has 2 fully saturated rings. The quantitative estimate of drug-likeness (QED) is 0.919. The van der Waals surface area contributed by atoms with E-state index in [0.717, 1.165) is 12.5 Å². The number of nitrogens with one attached hydrogen (secondary N) is 1. The van der Waals surface area contributed by atoms with Gasteiger partial charge < -0.3 is 10.1 Å². The summed E-state index contributed by atoms with van der Waals surface area (Å²) < 4.78 is 6.21. The Morgan fingerprint density at radius 1 is 1.42 bits per heavy atom. The van der Waals surface area contributed by atoms with Crippen molar-refractivity contribution < 1.29 is 4.74 Å². The molecule has 106 valence electrons. The van der Waals surface area contributed by atoms with Crippen LogP contribution in [0.3, 0.4) is 0 Å². The lowest BCUT2D eigenvalue weighted by Gasteiger charge is -2.45. The molecule has 4 heteroatoms. The van der Waals surface area contributed by atoms with E-state index >= 15 is 0 Å². The van der Waals surface area contributed by atoms with E-state index in [1.807, 2.05) is 11.3 Å². The van der Waals surface area contributed by atoms with E-state index in [0.29, 0.717) is 6.04 Å². The molecule has 2 aliphatic heterocycles. The molecule has 0 aromatic carbocycles. The molecule has 19 heavy (non-hydrogen) atoms. The highest BCUT2D eigenvalue weighted by molar-refractivity contribution is 7.99. The smallest absolute Gasteiger partial charge is 0.0701 e. The van der Waals surface area contributed by atoms with E-state index in [9.17, 15) is 0 Å². The largest absolute Gasteiger partial charge is 0.375 e. The van der Waals surface area contributed by atoms with Gasteiger partial charge in [-0.25, -0.2) is 0 Å². The Morgan fingerprint density at radius 2 is 2.26 bits per heavy atom. The van der Waals surface area contributed by atoms with Crippen LogP contribution in [0.2, 0.25) is 0 Å². The highest BCUT2D eigenvalue weighted by atomic mass is 32.2. The van der Waals surface area contributed by atoms with Crippen molar-refractivity contribution in [2.45, 2.75) is 37.3 Å². The van der Waals surface area contributed by atoms with Crippen LogP contribution in [0.1, 0.15) is 36.6 Å². The molecule has 2 aliphatic rings. The third kappa shape index (κ3) is 3.02. The standard InChI is InChI=1S/C15H23NOS2/c1-16-14(13-3-2-8-19-13)12-4-7-17-15(11-12)5-9-18-10-6-15/h2-3,8,12,14,16H,4-7,9-11H2,1H3. The van der Waals surface area contributed by atoms with E-state index in [4.69, 9.17) is 4.74 Å². The number of rotatable bonds is 3. The van der Waals surface area contributed by atoms with Gasteiger partial charge in [0.1, 0.15) is 0 Å². The molecule has 0 saturated carbocycles. The van der Waals surface area contributed by atoms with Crippen molar-refractivity contribution in [3.8, 4) is 0 Å². The molecule has 2 atom stereocenters. The highest BCUT2D eigenvalue weighted by Crippen LogP contribution is 2.44. The highest BCUT2D eigenvalue weighted by Gasteiger charge is 2.41. The molecule has 1 N–H and O–H groups in total. The van der Waals surface area contributed by atoms with Crippen molar-refractivity contribution in [2.24, 2.45) is 5.92 Å². The summed E-state index contributed by atoms with van der Waals surface area (Å²) in [6, 6.07) is 4.94. The van der Waals surface area contributed by atoms with Crippen molar-refractivity contribution >= 4 is 23.1 Å². The molecule has 0 radical (unpaired) electrons. The van der Waals surface area contributed by atoms with Gasteiger partial charge in [-0.2, -0.15) is 11.8 Å². The van der Waals surface area contributed by atoms with Crippen LogP contribution in [0.4, 0.5) is 0 Å². The monoisotopic (exact) mass is 297 g/mol. The molecule has 2 unspecified atom stereocenters. The van der Waals surface area contributed by atoms with Gasteiger partial charge in [-0.3, -0.25) is 0 Å². The van der Waals surface area contributed by atoms with E-state index < -0.39 is 0 Å². The molecule has 0 aliphatic carbocycles. The minimum absolute atomic E-state index is 0.195. The van der Waals surface area contributed by atoms with Gasteiger partial charge in [-0.05, 0) is 61.6 Å². The lowest BCUT2D eigenvalue weighted by molar-refractivity contribution is -0.107. The molecule has 0 amide bonds. The van der Waals surface area contributed by atoms with Crippen LogP contribution >= 0.6 is 23.1 Å². The summed E-state index contributed by atoms with van der Waals surface area (Å²) in [6.45, 7) is 0.943. The summed E-state index contributed by atoms with van der Waals surface area (Å²) in [5.41, 5.74) is 0.195. The maximum atomic E-state index is 6.21. The Balaban J connectivity index is 1.73. The molecule has 3 heterocycles. The van der Waals surface area contributed by atoms with E-state index in [1.165, 1.54) is 42.1 Å². The zero-order valence-electron chi connectivity index (χ0n) is 11.6. The first-order valence-electron chi connectivity index (χ1n) is 7.25. The third-order valence-electron chi connectivity index (χ3n) is 4.57. The Bertz CT molecular complexity index is 381. The fourth-order valence-corrected chi connectivity index (χ4v) is 5.69. The Morgan fingerprint density at radius 3 is 2.95 bits per heavy atom. The first kappa shape index (κ1) is 13.9. The zero-order valence-corrected chi connectivity index (χ0v) is 13.2. The normalized spacial score (nSPS) is 28.4. The van der Waals surface area contributed by atoms with Crippen molar-refractivity contribution in [3.63, 3.8) is 0 Å². The molecule has 0 bridgehead atoms. The fraction of sp³-hybridized carbons (Fsp3) is 0.733. The average Bonchev–Trinajstić information content (AvgIpc) is 2.95. The third-order valence-corrected chi connectivity index (χ3v) is 6.51. The number of hydrogen-bond donors (Lipinski definition) is 1. The molecule has 1 aromatic rings. The second-order valence-electron chi connectivity index (χ2n) is 5.68. The predicted molar refractivity (Wildman–Crippen MR) is 84.1 cm³/mol. The van der Waals surface area contributed by atoms with Gasteiger partial charge in [0.15, 0.2) is 0 Å². The number of thiophene rings is 1. The van der Waals surface area contributed by atoms with Crippen LogP contribution < -0.4 is 5.32 Å². The maximum absolute atomic E-state index is 6.21. The lowest BCUT2D eigenvalue weighted by Crippen LogP contribution is -2.45. The first-order chi connectivity index (χ1) is 9.33. The predicted octanol–water partition coefficient (Wildman–Crippen LogP) is 3.70. The van der Waals surface area contributed by atoms with Gasteiger partial charge in [0.25, 0.3) is 0 Å². The van der Waals surface area contributed by atoms with Crippen LogP contribution in [0.25, 0.3) is 0 Å². The summed E-state index contributed by atoms with van der Waals surface area (Å²) in [5, 5.41) is 5.73. The van der Waals surface area contributed by atoms with Crippen molar-refractivity contribution in [1.29, 1.82) is 0 Å². The van der Waals surface area contributed by atoms with Crippen LogP contribution in [-0.2, 0) is 4.74 Å². The Hall–Kier alpha value is -0.0300. The van der Waals surface area contributed by atoms with Gasteiger partial charge in [0.05, 0.1) is 5.60 Å². The van der Waals surface area contributed by atoms with Crippen molar-refractivity contribution in [2.75, 3.05) is 25.2 Å². The fourth-order valence-electron chi connectivity index (χ4n) is 3.52. The molecule has 1 spiro atoms. The number of hydrogen-bond acceptors (Lipinski definition) is 4. The molecule has 2 saturated heterocycles. The van der Waals surface area contributed by atoms with E-state index in [2.05, 4.69) is 41.6 Å². The summed E-state index contributed by atoms with van der Waals surface area (Å²) in [4.78, 5) is 1.48. The zero-order chi connectivity index (χ0) is 13.1. The maximum Gasteiger partial charge on any atom is 0.0701 e. The second kappa shape index (κ2) is 6.17. The molecular formula is C15H23NOS2. The minimum Gasteiger partial charge on any atom is -0.375 e. The summed E-state index contributed by atoms with van der Waals surface area (Å²) in [5.74, 6) is 3.27. The number of ether oxygens (including phenoxy) is 1. The topological polar surface area (TPSA) is 21.3 Å². The lowest BCUT2D eigenvalue weighted by atomic mass is 9.78. The van der Waals surface area contributed by atoms with Crippen molar-refractivity contribution in [3.05, 3.63) is 22.4 Å². The van der Waals surface area contributed by atoms with Crippen LogP contribution in [0, 0.1) is 5.92 Å². The minimum atomic E-state index is 0.195. The molecule has 2 nitrogen and oxygen atoms in total. The van der Waals surface area contributed by atoms with Gasteiger partial charge >= 0.3 is 0 Å². The first-order valence-corrected chi connectivity index (χ1v) is 9.29. The molecule has 3 rings (SSSR count). The Labute approximate surface area is 124 Å². The van der Waals surface area contributed by atoms with Crippen molar-refractivity contribution in [1.82, 2.24) is 5.32 Å². The molecule has 1 aromatic heterocycles. The number of thioether (sulfide) groups is 1. The van der Waals surface area contributed by atoms with E-state index in [1.54, 1.807) is 0 Å². The van der Waals surface area contributed by atoms with Gasteiger partial charge in [-0.15, -0.1) is 11.3 Å². The van der Waals surface area contributed by atoms with Crippen LogP contribution in [0.5, 0.6) is 0 Å². The molecular weight excluding hydrogens is 274 g/mol. The van der Waals surface area contributed by atoms with Gasteiger partial charge in [0, 0.05) is 17.5 Å². The Kier molecular flexibility index (Phi) is 4.52. The van der Waals surface area contributed by atoms with Crippen LogP contribution in [0.15, 0.2) is 17.5 Å². The summed E-state index contributed by atoms with van der Waals surface area (Å²) >= 11 is 3.96. The summed E-state index contributed by atoms with van der Waals surface area (Å²) in [7, 11) is 2.10. The van der Waals surface area contributed by atoms with Crippen LogP contribution in [-0.4, -0.2) is 30.8 Å². The SMILES string of the molecule is CNC(c1cccs1)C1CCOC2(CCSCC2)C1. The van der Waals surface area contributed by atoms with Gasteiger partial charge in [0.2, 0.25) is 0 Å².